The van der Waals surface area contributed by atoms with E-state index in [1.165, 1.54) is 23.5 Å². The molecule has 0 atom stereocenters. The van der Waals surface area contributed by atoms with Crippen molar-refractivity contribution in [2.75, 3.05) is 50.9 Å². The van der Waals surface area contributed by atoms with Gasteiger partial charge >= 0.3 is 12.1 Å². The number of morpholine rings is 1. The van der Waals surface area contributed by atoms with E-state index in [2.05, 4.69) is 14.8 Å². The maximum absolute atomic E-state index is 13.2. The molecule has 2 aliphatic heterocycles. The van der Waals surface area contributed by atoms with Crippen molar-refractivity contribution in [2.45, 2.75) is 37.4 Å². The van der Waals surface area contributed by atoms with E-state index < -0.39 is 17.7 Å². The van der Waals surface area contributed by atoms with E-state index in [9.17, 15) is 18.0 Å². The predicted molar refractivity (Wildman–Crippen MR) is 144 cm³/mol. The zero-order valence-electron chi connectivity index (χ0n) is 21.2. The van der Waals surface area contributed by atoms with Gasteiger partial charge in [-0.3, -0.25) is 9.69 Å². The van der Waals surface area contributed by atoms with Crippen molar-refractivity contribution in [1.29, 1.82) is 0 Å². The van der Waals surface area contributed by atoms with E-state index >= 15 is 0 Å². The highest BCUT2D eigenvalue weighted by atomic mass is 35.5. The molecular formula is C27H29ClF3N3O4S. The zero-order chi connectivity index (χ0) is 27.6. The fourth-order valence-corrected chi connectivity index (χ4v) is 6.74. The van der Waals surface area contributed by atoms with Crippen molar-refractivity contribution in [3.05, 3.63) is 52.5 Å². The van der Waals surface area contributed by atoms with Crippen molar-refractivity contribution in [3.63, 3.8) is 0 Å². The quantitative estimate of drug-likeness (QED) is 0.363. The number of piperidine rings is 1. The fraction of sp³-hybridized carbons (Fsp3) is 0.481. The number of thiazole rings is 1. The Kier molecular flexibility index (Phi) is 8.23. The van der Waals surface area contributed by atoms with E-state index in [1.807, 2.05) is 0 Å². The van der Waals surface area contributed by atoms with Gasteiger partial charge in [0.05, 0.1) is 42.0 Å². The van der Waals surface area contributed by atoms with Gasteiger partial charge in [0.15, 0.2) is 5.13 Å². The molecule has 210 valence electrons. The second-order valence-electron chi connectivity index (χ2n) is 9.95. The standard InChI is InChI=1S/C27H29ClF3N3O4S/c28-20-13-18(15-24(35)36)14-21(17-20)38-10-5-26(34-8-11-37-12-9-34)3-6-33(7-4-26)25-32-22-2-1-19(27(29,30)31)16-23(22)39-25/h1-2,13-14,16-17H,3-12,15H2,(H,35,36). The third-order valence-electron chi connectivity index (χ3n) is 7.47. The number of fused-ring (bicyclic) bond motifs is 1. The van der Waals surface area contributed by atoms with Gasteiger partial charge < -0.3 is 19.5 Å². The first-order valence-electron chi connectivity index (χ1n) is 12.8. The highest BCUT2D eigenvalue weighted by Gasteiger charge is 2.41. The van der Waals surface area contributed by atoms with Gasteiger partial charge in [-0.15, -0.1) is 0 Å². The summed E-state index contributed by atoms with van der Waals surface area (Å²) in [6.45, 7) is 4.86. The number of rotatable bonds is 8. The number of ether oxygens (including phenoxy) is 2. The average molecular weight is 584 g/mol. The largest absolute Gasteiger partial charge is 0.493 e. The Morgan fingerprint density at radius 3 is 2.56 bits per heavy atom. The van der Waals surface area contributed by atoms with Gasteiger partial charge in [-0.1, -0.05) is 22.9 Å². The molecule has 2 aromatic carbocycles. The van der Waals surface area contributed by atoms with Crippen LogP contribution in [0.15, 0.2) is 36.4 Å². The molecule has 1 N–H and O–H groups in total. The summed E-state index contributed by atoms with van der Waals surface area (Å²) in [5, 5.41) is 10.3. The first kappa shape index (κ1) is 27.9. The minimum absolute atomic E-state index is 0.122. The predicted octanol–water partition coefficient (Wildman–Crippen LogP) is 5.74. The Balaban J connectivity index is 1.28. The van der Waals surface area contributed by atoms with Crippen LogP contribution >= 0.6 is 22.9 Å². The van der Waals surface area contributed by atoms with Crippen LogP contribution in [0.2, 0.25) is 5.02 Å². The van der Waals surface area contributed by atoms with Crippen LogP contribution in [0, 0.1) is 0 Å². The summed E-state index contributed by atoms with van der Waals surface area (Å²) in [5.41, 5.74) is 0.373. The molecule has 0 spiro atoms. The number of carbonyl (C=O) groups is 1. The van der Waals surface area contributed by atoms with Crippen LogP contribution < -0.4 is 9.64 Å². The molecule has 3 heterocycles. The molecule has 0 amide bonds. The van der Waals surface area contributed by atoms with Crippen molar-refractivity contribution in [2.24, 2.45) is 0 Å². The number of anilines is 1. The summed E-state index contributed by atoms with van der Waals surface area (Å²) >= 11 is 7.48. The monoisotopic (exact) mass is 583 g/mol. The van der Waals surface area contributed by atoms with Crippen molar-refractivity contribution < 1.29 is 32.5 Å². The molecule has 2 fully saturated rings. The third kappa shape index (κ3) is 6.59. The lowest BCUT2D eigenvalue weighted by Gasteiger charge is -2.50. The van der Waals surface area contributed by atoms with E-state index in [1.54, 1.807) is 18.2 Å². The third-order valence-corrected chi connectivity index (χ3v) is 8.77. The Hall–Kier alpha value is -2.60. The highest BCUT2D eigenvalue weighted by Crippen LogP contribution is 2.39. The number of carboxylic acids is 1. The number of hydrogen-bond donors (Lipinski definition) is 1. The molecule has 7 nitrogen and oxygen atoms in total. The summed E-state index contributed by atoms with van der Waals surface area (Å²) < 4.78 is 51.7. The number of aliphatic carboxylic acids is 1. The highest BCUT2D eigenvalue weighted by molar-refractivity contribution is 7.22. The second kappa shape index (κ2) is 11.5. The van der Waals surface area contributed by atoms with Gasteiger partial charge in [-0.05, 0) is 61.2 Å². The lowest BCUT2D eigenvalue weighted by molar-refractivity contribution is -0.138. The van der Waals surface area contributed by atoms with Crippen molar-refractivity contribution in [1.82, 2.24) is 9.88 Å². The molecule has 3 aromatic rings. The van der Waals surface area contributed by atoms with Crippen LogP contribution in [-0.4, -0.2) is 72.5 Å². The van der Waals surface area contributed by atoms with E-state index in [-0.39, 0.29) is 12.0 Å². The molecule has 2 saturated heterocycles. The van der Waals surface area contributed by atoms with E-state index in [4.69, 9.17) is 26.2 Å². The molecule has 0 unspecified atom stereocenters. The number of benzene rings is 2. The lowest BCUT2D eigenvalue weighted by atomic mass is 9.82. The maximum atomic E-state index is 13.2. The normalized spacial score (nSPS) is 18.4. The van der Waals surface area contributed by atoms with Gasteiger partial charge in [0.1, 0.15) is 5.75 Å². The Morgan fingerprint density at radius 1 is 1.13 bits per heavy atom. The molecule has 5 rings (SSSR count). The summed E-state index contributed by atoms with van der Waals surface area (Å²) in [7, 11) is 0. The molecule has 0 bridgehead atoms. The summed E-state index contributed by atoms with van der Waals surface area (Å²) in [6, 6.07) is 8.72. The number of nitrogens with zero attached hydrogens (tertiary/aromatic N) is 3. The molecule has 39 heavy (non-hydrogen) atoms. The van der Waals surface area contributed by atoms with Gasteiger partial charge in [-0.25, -0.2) is 4.98 Å². The molecule has 1 aromatic heterocycles. The zero-order valence-corrected chi connectivity index (χ0v) is 22.7. The average Bonchev–Trinajstić information content (AvgIpc) is 3.32. The number of hydrogen-bond acceptors (Lipinski definition) is 7. The van der Waals surface area contributed by atoms with Crippen molar-refractivity contribution in [3.8, 4) is 5.75 Å². The number of carboxylic acid groups (broad SMARTS) is 1. The minimum atomic E-state index is -4.38. The SMILES string of the molecule is O=C(O)Cc1cc(Cl)cc(OCCC2(N3CCOCC3)CCN(c3nc4ccc(C(F)(F)F)cc4s3)CC2)c1. The second-order valence-corrected chi connectivity index (χ2v) is 11.4. The maximum Gasteiger partial charge on any atom is 0.416 e. The van der Waals surface area contributed by atoms with Crippen LogP contribution in [0.1, 0.15) is 30.4 Å². The number of alkyl halides is 3. The molecule has 0 aliphatic carbocycles. The van der Waals surface area contributed by atoms with Crippen molar-refractivity contribution >= 4 is 44.3 Å². The molecule has 0 radical (unpaired) electrons. The Labute approximate surface area is 233 Å². The van der Waals surface area contributed by atoms with Gasteiger partial charge in [0.2, 0.25) is 0 Å². The van der Waals surface area contributed by atoms with Crippen LogP contribution in [0.4, 0.5) is 18.3 Å². The minimum Gasteiger partial charge on any atom is -0.493 e. The van der Waals surface area contributed by atoms with Crippen LogP contribution in [0.5, 0.6) is 5.75 Å². The molecule has 2 aliphatic rings. The van der Waals surface area contributed by atoms with Crippen LogP contribution in [-0.2, 0) is 22.1 Å². The van der Waals surface area contributed by atoms with Crippen LogP contribution in [0.3, 0.4) is 0 Å². The van der Waals surface area contributed by atoms with Gasteiger partial charge in [-0.2, -0.15) is 13.2 Å². The number of aromatic nitrogens is 1. The van der Waals surface area contributed by atoms with Gasteiger partial charge in [0.25, 0.3) is 0 Å². The molecule has 12 heteroatoms. The first-order chi connectivity index (χ1) is 18.6. The Bertz CT molecular complexity index is 1320. The first-order valence-corrected chi connectivity index (χ1v) is 14.0. The van der Waals surface area contributed by atoms with E-state index in [0.717, 1.165) is 56.6 Å². The fourth-order valence-electron chi connectivity index (χ4n) is 5.44. The number of halogens is 4. The summed E-state index contributed by atoms with van der Waals surface area (Å²) in [4.78, 5) is 20.4. The van der Waals surface area contributed by atoms with E-state index in [0.29, 0.717) is 46.4 Å². The van der Waals surface area contributed by atoms with Crippen LogP contribution in [0.25, 0.3) is 10.2 Å². The molecule has 0 saturated carbocycles. The lowest BCUT2D eigenvalue weighted by Crippen LogP contribution is -2.59. The Morgan fingerprint density at radius 2 is 1.87 bits per heavy atom. The summed E-state index contributed by atoms with van der Waals surface area (Å²) in [5.74, 6) is -0.392. The topological polar surface area (TPSA) is 75.1 Å². The summed E-state index contributed by atoms with van der Waals surface area (Å²) in [6.07, 6.45) is -2.06. The molecular weight excluding hydrogens is 555 g/mol. The van der Waals surface area contributed by atoms with Gasteiger partial charge in [0, 0.05) is 36.7 Å². The smallest absolute Gasteiger partial charge is 0.416 e.